The number of ether oxygens (including phenoxy) is 2. The van der Waals surface area contributed by atoms with E-state index < -0.39 is 5.97 Å². The summed E-state index contributed by atoms with van der Waals surface area (Å²) in [5.74, 6) is 0.0439. The van der Waals surface area contributed by atoms with Crippen LogP contribution in [0.3, 0.4) is 0 Å². The van der Waals surface area contributed by atoms with Crippen molar-refractivity contribution in [2.75, 3.05) is 32.8 Å². The van der Waals surface area contributed by atoms with Crippen molar-refractivity contribution >= 4 is 29.2 Å². The Morgan fingerprint density at radius 3 is 2.72 bits per heavy atom. The average molecular weight is 438 g/mol. The molecule has 1 atom stereocenters. The molecule has 1 fully saturated rings. The molecule has 1 N–H and O–H groups in total. The molecule has 29 heavy (non-hydrogen) atoms. The van der Waals surface area contributed by atoms with E-state index in [-0.39, 0.29) is 12.5 Å². The molecule has 1 unspecified atom stereocenters. The lowest BCUT2D eigenvalue weighted by molar-refractivity contribution is -0.137. The second-order valence-corrected chi connectivity index (χ2v) is 7.90. The molecule has 1 saturated heterocycles. The first kappa shape index (κ1) is 21.9. The normalized spacial score (nSPS) is 17.2. The van der Waals surface area contributed by atoms with E-state index in [1.165, 1.54) is 0 Å². The molecule has 156 valence electrons. The fraction of sp³-hybridized carbons (Fsp3) is 0.409. The molecule has 0 bridgehead atoms. The first-order chi connectivity index (χ1) is 14.0. The average Bonchev–Trinajstić information content (AvgIpc) is 2.71. The van der Waals surface area contributed by atoms with Crippen molar-refractivity contribution in [1.29, 1.82) is 0 Å². The van der Waals surface area contributed by atoms with Crippen molar-refractivity contribution in [3.8, 4) is 5.75 Å². The number of nitrogens with zero attached hydrogens (tertiary/aromatic N) is 1. The molecule has 5 nitrogen and oxygen atoms in total. The highest BCUT2D eigenvalue weighted by atomic mass is 35.5. The molecule has 0 saturated carbocycles. The Labute approximate surface area is 181 Å². The maximum atomic E-state index is 10.8. The Bertz CT molecular complexity index is 813. The van der Waals surface area contributed by atoms with E-state index in [9.17, 15) is 4.79 Å². The molecule has 0 aliphatic carbocycles. The third kappa shape index (κ3) is 6.89. The van der Waals surface area contributed by atoms with Gasteiger partial charge in [-0.1, -0.05) is 41.4 Å². The maximum Gasteiger partial charge on any atom is 0.304 e. The van der Waals surface area contributed by atoms with Crippen LogP contribution in [0.15, 0.2) is 42.5 Å². The SMILES string of the molecule is O=C(O)CCN1CCOC(c2ccc(OCCCc3ccc(Cl)cc3Cl)cc2)C1. The number of aryl methyl sites for hydroxylation is 1. The highest BCUT2D eigenvalue weighted by Gasteiger charge is 2.22. The number of benzene rings is 2. The molecule has 1 aliphatic rings. The third-order valence-electron chi connectivity index (χ3n) is 4.92. The summed E-state index contributed by atoms with van der Waals surface area (Å²) in [7, 11) is 0. The largest absolute Gasteiger partial charge is 0.494 e. The summed E-state index contributed by atoms with van der Waals surface area (Å²) < 4.78 is 11.7. The van der Waals surface area contributed by atoms with Crippen LogP contribution in [-0.4, -0.2) is 48.8 Å². The van der Waals surface area contributed by atoms with Gasteiger partial charge < -0.3 is 14.6 Å². The predicted octanol–water partition coefficient (Wildman–Crippen LogP) is 4.85. The molecule has 2 aromatic carbocycles. The minimum atomic E-state index is -0.770. The fourth-order valence-corrected chi connectivity index (χ4v) is 3.82. The topological polar surface area (TPSA) is 59.0 Å². The number of aliphatic carboxylic acids is 1. The summed E-state index contributed by atoms with van der Waals surface area (Å²) in [6.45, 7) is 3.23. The summed E-state index contributed by atoms with van der Waals surface area (Å²) in [6, 6.07) is 13.5. The first-order valence-corrected chi connectivity index (χ1v) is 10.5. The van der Waals surface area contributed by atoms with Gasteiger partial charge in [0.25, 0.3) is 0 Å². The summed E-state index contributed by atoms with van der Waals surface area (Å²) in [5, 5.41) is 10.2. The Balaban J connectivity index is 1.44. The van der Waals surface area contributed by atoms with Crippen LogP contribution in [-0.2, 0) is 16.0 Å². The van der Waals surface area contributed by atoms with E-state index >= 15 is 0 Å². The molecule has 0 amide bonds. The van der Waals surface area contributed by atoms with Crippen LogP contribution in [0.1, 0.15) is 30.1 Å². The molecule has 1 aliphatic heterocycles. The van der Waals surface area contributed by atoms with Gasteiger partial charge in [0, 0.05) is 29.7 Å². The lowest BCUT2D eigenvalue weighted by atomic mass is 10.1. The van der Waals surface area contributed by atoms with Crippen molar-refractivity contribution in [2.24, 2.45) is 0 Å². The van der Waals surface area contributed by atoms with Gasteiger partial charge in [-0.2, -0.15) is 0 Å². The van der Waals surface area contributed by atoms with Crippen LogP contribution >= 0.6 is 23.2 Å². The Kier molecular flexibility index (Phi) is 8.19. The molecule has 2 aromatic rings. The number of carboxylic acids is 1. The van der Waals surface area contributed by atoms with Crippen molar-refractivity contribution in [2.45, 2.75) is 25.4 Å². The van der Waals surface area contributed by atoms with E-state index in [4.69, 9.17) is 37.8 Å². The molecular weight excluding hydrogens is 413 g/mol. The van der Waals surface area contributed by atoms with Crippen molar-refractivity contribution in [3.63, 3.8) is 0 Å². The Hall–Kier alpha value is -1.79. The number of halogens is 2. The zero-order valence-corrected chi connectivity index (χ0v) is 17.7. The van der Waals surface area contributed by atoms with E-state index in [1.54, 1.807) is 6.07 Å². The second-order valence-electron chi connectivity index (χ2n) is 7.06. The lowest BCUT2D eigenvalue weighted by Crippen LogP contribution is -2.39. The zero-order chi connectivity index (χ0) is 20.6. The second kappa shape index (κ2) is 10.8. The van der Waals surface area contributed by atoms with E-state index in [0.29, 0.717) is 36.3 Å². The zero-order valence-electron chi connectivity index (χ0n) is 16.2. The Morgan fingerprint density at radius 2 is 2.00 bits per heavy atom. The summed E-state index contributed by atoms with van der Waals surface area (Å²) in [4.78, 5) is 12.9. The maximum absolute atomic E-state index is 10.8. The number of rotatable bonds is 9. The molecule has 7 heteroatoms. The van der Waals surface area contributed by atoms with Gasteiger partial charge in [-0.15, -0.1) is 0 Å². The van der Waals surface area contributed by atoms with E-state index in [0.717, 1.165) is 36.3 Å². The van der Waals surface area contributed by atoms with Crippen LogP contribution < -0.4 is 4.74 Å². The van der Waals surface area contributed by atoms with Crippen molar-refractivity contribution < 1.29 is 19.4 Å². The molecule has 0 spiro atoms. The number of hydrogen-bond acceptors (Lipinski definition) is 4. The third-order valence-corrected chi connectivity index (χ3v) is 5.51. The quantitative estimate of drug-likeness (QED) is 0.567. The smallest absolute Gasteiger partial charge is 0.304 e. The highest BCUT2D eigenvalue weighted by Crippen LogP contribution is 2.25. The Morgan fingerprint density at radius 1 is 1.21 bits per heavy atom. The molecule has 1 heterocycles. The number of morpholine rings is 1. The first-order valence-electron chi connectivity index (χ1n) is 9.73. The number of carboxylic acid groups (broad SMARTS) is 1. The van der Waals surface area contributed by atoms with Crippen LogP contribution in [0.2, 0.25) is 10.0 Å². The summed E-state index contributed by atoms with van der Waals surface area (Å²) in [6.07, 6.45) is 1.79. The van der Waals surface area contributed by atoms with Gasteiger partial charge >= 0.3 is 5.97 Å². The fourth-order valence-electron chi connectivity index (χ4n) is 3.32. The summed E-state index contributed by atoms with van der Waals surface area (Å²) in [5.41, 5.74) is 2.14. The van der Waals surface area contributed by atoms with Gasteiger partial charge in [0.05, 0.1) is 25.7 Å². The van der Waals surface area contributed by atoms with Crippen LogP contribution in [0.5, 0.6) is 5.75 Å². The standard InChI is InChI=1S/C22H25Cl2NO4/c23-18-6-3-16(20(24)14-18)2-1-12-28-19-7-4-17(5-8-19)21-15-25(11-13-29-21)10-9-22(26)27/h3-8,14,21H,1-2,9-13,15H2,(H,26,27). The van der Waals surface area contributed by atoms with Gasteiger partial charge in [-0.3, -0.25) is 9.69 Å². The molecule has 0 radical (unpaired) electrons. The van der Waals surface area contributed by atoms with Crippen LogP contribution in [0, 0.1) is 0 Å². The number of carbonyl (C=O) groups is 1. The van der Waals surface area contributed by atoms with Crippen LogP contribution in [0.25, 0.3) is 0 Å². The molecule has 0 aromatic heterocycles. The predicted molar refractivity (Wildman–Crippen MR) is 114 cm³/mol. The van der Waals surface area contributed by atoms with E-state index in [1.807, 2.05) is 36.4 Å². The molecular formula is C22H25Cl2NO4. The van der Waals surface area contributed by atoms with E-state index in [2.05, 4.69) is 4.90 Å². The van der Waals surface area contributed by atoms with Crippen molar-refractivity contribution in [1.82, 2.24) is 4.90 Å². The minimum Gasteiger partial charge on any atom is -0.494 e. The monoisotopic (exact) mass is 437 g/mol. The summed E-state index contributed by atoms with van der Waals surface area (Å²) >= 11 is 12.1. The van der Waals surface area contributed by atoms with Crippen LogP contribution in [0.4, 0.5) is 0 Å². The minimum absolute atomic E-state index is 0.0429. The van der Waals surface area contributed by atoms with Gasteiger partial charge in [-0.25, -0.2) is 0 Å². The van der Waals surface area contributed by atoms with Gasteiger partial charge in [0.15, 0.2) is 0 Å². The van der Waals surface area contributed by atoms with Gasteiger partial charge in [0.1, 0.15) is 5.75 Å². The molecule has 3 rings (SSSR count). The van der Waals surface area contributed by atoms with Gasteiger partial charge in [0.2, 0.25) is 0 Å². The van der Waals surface area contributed by atoms with Crippen molar-refractivity contribution in [3.05, 3.63) is 63.6 Å². The lowest BCUT2D eigenvalue weighted by Gasteiger charge is -2.32. The highest BCUT2D eigenvalue weighted by molar-refractivity contribution is 6.35. The van der Waals surface area contributed by atoms with Gasteiger partial charge in [-0.05, 0) is 48.2 Å². The number of hydrogen-bond donors (Lipinski definition) is 1.